The van der Waals surface area contributed by atoms with Gasteiger partial charge < -0.3 is 4.90 Å². The molecule has 4 rings (SSSR count). The highest BCUT2D eigenvalue weighted by Gasteiger charge is 2.35. The van der Waals surface area contributed by atoms with Gasteiger partial charge in [-0.3, -0.25) is 14.9 Å². The fourth-order valence-corrected chi connectivity index (χ4v) is 4.74. The monoisotopic (exact) mass is 448 g/mol. The number of hydrogen-bond donors (Lipinski definition) is 1. The molecule has 1 saturated heterocycles. The molecule has 1 atom stereocenters. The number of likely N-dealkylation sites (tertiary alicyclic amines) is 1. The average Bonchev–Trinajstić information content (AvgIpc) is 3.47. The van der Waals surface area contributed by atoms with Crippen LogP contribution in [0.4, 0.5) is 5.13 Å². The predicted molar refractivity (Wildman–Crippen MR) is 128 cm³/mol. The van der Waals surface area contributed by atoms with Crippen molar-refractivity contribution in [3.63, 3.8) is 0 Å². The SMILES string of the molecule is CCCCc1ccc(C(=O)N2CCCC2C(=O)Nc2nnc(-c3cccc(C)c3)s2)cc1. The number of benzene rings is 2. The summed E-state index contributed by atoms with van der Waals surface area (Å²) in [5.74, 6) is -0.301. The van der Waals surface area contributed by atoms with Crippen molar-refractivity contribution >= 4 is 28.3 Å². The molecule has 2 heterocycles. The molecular weight excluding hydrogens is 420 g/mol. The molecule has 2 aromatic carbocycles. The summed E-state index contributed by atoms with van der Waals surface area (Å²) < 4.78 is 0. The van der Waals surface area contributed by atoms with Crippen molar-refractivity contribution < 1.29 is 9.59 Å². The van der Waals surface area contributed by atoms with Crippen LogP contribution in [0.5, 0.6) is 0 Å². The second-order valence-corrected chi connectivity index (χ2v) is 9.21. The first-order valence-electron chi connectivity index (χ1n) is 11.2. The van der Waals surface area contributed by atoms with E-state index in [0.29, 0.717) is 23.7 Å². The Morgan fingerprint density at radius 2 is 1.97 bits per heavy atom. The largest absolute Gasteiger partial charge is 0.327 e. The van der Waals surface area contributed by atoms with Crippen LogP contribution in [0.1, 0.15) is 54.1 Å². The first-order chi connectivity index (χ1) is 15.5. The lowest BCUT2D eigenvalue weighted by molar-refractivity contribution is -0.119. The molecule has 0 aliphatic carbocycles. The topological polar surface area (TPSA) is 75.2 Å². The number of aromatic nitrogens is 2. The summed E-state index contributed by atoms with van der Waals surface area (Å²) in [4.78, 5) is 27.7. The van der Waals surface area contributed by atoms with Crippen molar-refractivity contribution in [3.8, 4) is 10.6 Å². The second-order valence-electron chi connectivity index (χ2n) is 8.23. The molecule has 1 N–H and O–H groups in total. The van der Waals surface area contributed by atoms with E-state index in [-0.39, 0.29) is 11.8 Å². The first-order valence-corrected chi connectivity index (χ1v) is 12.0. The number of anilines is 1. The van der Waals surface area contributed by atoms with Crippen molar-refractivity contribution in [1.82, 2.24) is 15.1 Å². The Hall–Kier alpha value is -3.06. The number of nitrogens with one attached hydrogen (secondary N) is 1. The van der Waals surface area contributed by atoms with Crippen molar-refractivity contribution in [3.05, 3.63) is 65.2 Å². The van der Waals surface area contributed by atoms with Crippen LogP contribution < -0.4 is 5.32 Å². The summed E-state index contributed by atoms with van der Waals surface area (Å²) in [5, 5.41) is 12.4. The molecular formula is C25H28N4O2S. The fourth-order valence-electron chi connectivity index (χ4n) is 4.00. The Labute approximate surface area is 192 Å². The molecule has 1 aliphatic heterocycles. The van der Waals surface area contributed by atoms with Crippen LogP contribution in [0.3, 0.4) is 0 Å². The molecule has 166 valence electrons. The number of carbonyl (C=O) groups is 2. The molecule has 0 radical (unpaired) electrons. The van der Waals surface area contributed by atoms with Crippen LogP contribution in [0.2, 0.25) is 0 Å². The van der Waals surface area contributed by atoms with Crippen molar-refractivity contribution in [1.29, 1.82) is 0 Å². The number of rotatable bonds is 7. The van der Waals surface area contributed by atoms with Gasteiger partial charge in [0.2, 0.25) is 11.0 Å². The van der Waals surface area contributed by atoms with Crippen LogP contribution in [0.25, 0.3) is 10.6 Å². The predicted octanol–water partition coefficient (Wildman–Crippen LogP) is 5.10. The van der Waals surface area contributed by atoms with E-state index in [2.05, 4.69) is 22.4 Å². The van der Waals surface area contributed by atoms with Gasteiger partial charge in [-0.1, -0.05) is 60.6 Å². The highest BCUT2D eigenvalue weighted by atomic mass is 32.1. The molecule has 0 saturated carbocycles. The molecule has 3 aromatic rings. The van der Waals surface area contributed by atoms with Crippen LogP contribution >= 0.6 is 11.3 Å². The van der Waals surface area contributed by atoms with Crippen LogP contribution in [-0.2, 0) is 11.2 Å². The van der Waals surface area contributed by atoms with Crippen LogP contribution in [-0.4, -0.2) is 39.5 Å². The van der Waals surface area contributed by atoms with Gasteiger partial charge in [0.15, 0.2) is 0 Å². The van der Waals surface area contributed by atoms with E-state index in [0.717, 1.165) is 41.8 Å². The normalized spacial score (nSPS) is 15.7. The minimum Gasteiger partial charge on any atom is -0.327 e. The Bertz CT molecular complexity index is 1090. The van der Waals surface area contributed by atoms with E-state index in [1.54, 1.807) is 4.90 Å². The summed E-state index contributed by atoms with van der Waals surface area (Å²) in [7, 11) is 0. The van der Waals surface area contributed by atoms with Crippen molar-refractivity contribution in [2.45, 2.75) is 52.0 Å². The summed E-state index contributed by atoms with van der Waals surface area (Å²) >= 11 is 1.34. The molecule has 7 heteroatoms. The minimum atomic E-state index is -0.492. The number of hydrogen-bond acceptors (Lipinski definition) is 5. The zero-order valence-corrected chi connectivity index (χ0v) is 19.3. The maximum atomic E-state index is 13.1. The summed E-state index contributed by atoms with van der Waals surface area (Å²) in [6.45, 7) is 4.78. The molecule has 2 amide bonds. The summed E-state index contributed by atoms with van der Waals surface area (Å²) in [6.07, 6.45) is 4.76. The van der Waals surface area contributed by atoms with E-state index >= 15 is 0 Å². The van der Waals surface area contributed by atoms with Gasteiger partial charge in [-0.25, -0.2) is 0 Å². The third kappa shape index (κ3) is 5.05. The van der Waals surface area contributed by atoms with E-state index in [4.69, 9.17) is 0 Å². The van der Waals surface area contributed by atoms with Gasteiger partial charge >= 0.3 is 0 Å². The van der Waals surface area contributed by atoms with E-state index < -0.39 is 6.04 Å². The molecule has 1 aromatic heterocycles. The van der Waals surface area contributed by atoms with Crippen LogP contribution in [0.15, 0.2) is 48.5 Å². The number of aryl methyl sites for hydroxylation is 2. The van der Waals surface area contributed by atoms with Crippen molar-refractivity contribution in [2.75, 3.05) is 11.9 Å². The van der Waals surface area contributed by atoms with Crippen LogP contribution in [0, 0.1) is 6.92 Å². The standard InChI is InChI=1S/C25H28N4O2S/c1-3-4-8-18-11-13-19(14-12-18)24(31)29-15-6-10-21(29)22(30)26-25-28-27-23(32-25)20-9-5-7-17(2)16-20/h5,7,9,11-14,16,21H,3-4,6,8,10,15H2,1-2H3,(H,26,28,30). The third-order valence-electron chi connectivity index (χ3n) is 5.76. The van der Waals surface area contributed by atoms with E-state index in [1.807, 2.05) is 55.5 Å². The Morgan fingerprint density at radius 3 is 2.72 bits per heavy atom. The molecule has 1 fully saturated rings. The first kappa shape index (κ1) is 22.1. The van der Waals surface area contributed by atoms with Gasteiger partial charge in [0, 0.05) is 17.7 Å². The molecule has 1 aliphatic rings. The minimum absolute atomic E-state index is 0.0950. The Kier molecular flexibility index (Phi) is 6.95. The number of carbonyl (C=O) groups excluding carboxylic acids is 2. The zero-order chi connectivity index (χ0) is 22.5. The highest BCUT2D eigenvalue weighted by Crippen LogP contribution is 2.28. The zero-order valence-electron chi connectivity index (χ0n) is 18.5. The molecule has 6 nitrogen and oxygen atoms in total. The van der Waals surface area contributed by atoms with E-state index in [1.165, 1.54) is 16.9 Å². The lowest BCUT2D eigenvalue weighted by Gasteiger charge is -2.23. The van der Waals surface area contributed by atoms with Gasteiger partial charge in [-0.2, -0.15) is 0 Å². The number of nitrogens with zero attached hydrogens (tertiary/aromatic N) is 3. The van der Waals surface area contributed by atoms with E-state index in [9.17, 15) is 9.59 Å². The Balaban J connectivity index is 1.42. The van der Waals surface area contributed by atoms with Gasteiger partial charge in [-0.15, -0.1) is 10.2 Å². The quantitative estimate of drug-likeness (QED) is 0.546. The third-order valence-corrected chi connectivity index (χ3v) is 6.64. The highest BCUT2D eigenvalue weighted by molar-refractivity contribution is 7.18. The maximum Gasteiger partial charge on any atom is 0.254 e. The van der Waals surface area contributed by atoms with Gasteiger partial charge in [-0.05, 0) is 56.4 Å². The molecule has 0 bridgehead atoms. The van der Waals surface area contributed by atoms with Gasteiger partial charge in [0.25, 0.3) is 5.91 Å². The smallest absolute Gasteiger partial charge is 0.254 e. The second kappa shape index (κ2) is 10.0. The molecule has 0 spiro atoms. The lowest BCUT2D eigenvalue weighted by atomic mass is 10.1. The van der Waals surface area contributed by atoms with Gasteiger partial charge in [0.1, 0.15) is 11.0 Å². The fraction of sp³-hybridized carbons (Fsp3) is 0.360. The Morgan fingerprint density at radius 1 is 1.16 bits per heavy atom. The van der Waals surface area contributed by atoms with Gasteiger partial charge in [0.05, 0.1) is 0 Å². The lowest BCUT2D eigenvalue weighted by Crippen LogP contribution is -2.43. The van der Waals surface area contributed by atoms with Crippen molar-refractivity contribution in [2.24, 2.45) is 0 Å². The molecule has 1 unspecified atom stereocenters. The summed E-state index contributed by atoms with van der Waals surface area (Å²) in [5.41, 5.74) is 3.98. The maximum absolute atomic E-state index is 13.1. The summed E-state index contributed by atoms with van der Waals surface area (Å²) in [6, 6.07) is 15.3. The average molecular weight is 449 g/mol. The number of unbranched alkanes of at least 4 members (excludes halogenated alkanes) is 1. The number of amides is 2. The molecule has 32 heavy (non-hydrogen) atoms.